The summed E-state index contributed by atoms with van der Waals surface area (Å²) in [5.41, 5.74) is -0.222. The average Bonchev–Trinajstić information content (AvgIpc) is 2.49. The normalized spacial score (nSPS) is 36.8. The molecule has 4 atom stereocenters. The third kappa shape index (κ3) is 1.25. The first-order chi connectivity index (χ1) is 9.98. The minimum Gasteiger partial charge on any atom is -0.320 e. The molecule has 0 N–H and O–H groups in total. The van der Waals surface area contributed by atoms with Crippen molar-refractivity contribution in [3.05, 3.63) is 41.5 Å². The molecule has 0 spiro atoms. The van der Waals surface area contributed by atoms with Crippen molar-refractivity contribution in [2.24, 2.45) is 5.92 Å². The van der Waals surface area contributed by atoms with Crippen LogP contribution in [0.2, 0.25) is 0 Å². The summed E-state index contributed by atoms with van der Waals surface area (Å²) in [7, 11) is 2.91. The minimum atomic E-state index is -2.02. The molecule has 2 fully saturated rings. The molecular formula is C16H15FN2O2. The Morgan fingerprint density at radius 2 is 1.90 bits per heavy atom. The van der Waals surface area contributed by atoms with Crippen LogP contribution >= 0.6 is 0 Å². The van der Waals surface area contributed by atoms with Crippen LogP contribution in [0.4, 0.5) is 9.18 Å². The van der Waals surface area contributed by atoms with Gasteiger partial charge in [0.05, 0.1) is 6.04 Å². The SMILES string of the molecule is CN1C(=O)N(C)[C@@H]2[C@@H]3C=Cc4ccccc4[C@@H]3[C@]2(F)C1=O. The van der Waals surface area contributed by atoms with E-state index in [1.807, 2.05) is 36.4 Å². The molecule has 1 saturated heterocycles. The van der Waals surface area contributed by atoms with Crippen molar-refractivity contribution >= 4 is 18.0 Å². The van der Waals surface area contributed by atoms with Crippen molar-refractivity contribution < 1.29 is 14.0 Å². The highest BCUT2D eigenvalue weighted by atomic mass is 19.1. The summed E-state index contributed by atoms with van der Waals surface area (Å²) >= 11 is 0. The van der Waals surface area contributed by atoms with E-state index in [4.69, 9.17) is 0 Å². The molecule has 1 saturated carbocycles. The summed E-state index contributed by atoms with van der Waals surface area (Å²) < 4.78 is 15.6. The average molecular weight is 286 g/mol. The number of rotatable bonds is 0. The number of halogens is 1. The lowest BCUT2D eigenvalue weighted by Gasteiger charge is -2.61. The molecule has 5 heteroatoms. The van der Waals surface area contributed by atoms with Crippen molar-refractivity contribution in [1.82, 2.24) is 9.80 Å². The molecule has 0 aromatic heterocycles. The van der Waals surface area contributed by atoms with Gasteiger partial charge in [-0.15, -0.1) is 0 Å². The molecule has 21 heavy (non-hydrogen) atoms. The number of nitrogens with zero attached hydrogens (tertiary/aromatic N) is 2. The standard InChI is InChI=1S/C16H15FN2O2/c1-18-13-11-8-7-9-5-3-4-6-10(9)12(11)16(13,17)14(20)19(2)15(18)21/h3-8,11-13H,1-2H3/t11-,12+,13-,16-/m1/s1. The molecule has 0 bridgehead atoms. The van der Waals surface area contributed by atoms with Crippen LogP contribution in [-0.4, -0.2) is 47.5 Å². The molecule has 2 aliphatic carbocycles. The lowest BCUT2D eigenvalue weighted by Crippen LogP contribution is -2.79. The fraction of sp³-hybridized carbons (Fsp3) is 0.375. The summed E-state index contributed by atoms with van der Waals surface area (Å²) in [6.45, 7) is 0. The quantitative estimate of drug-likeness (QED) is 0.732. The van der Waals surface area contributed by atoms with Gasteiger partial charge >= 0.3 is 6.03 Å². The van der Waals surface area contributed by atoms with Gasteiger partial charge in [-0.3, -0.25) is 9.69 Å². The van der Waals surface area contributed by atoms with Gasteiger partial charge in [-0.1, -0.05) is 36.4 Å². The smallest absolute Gasteiger partial charge is 0.320 e. The second-order valence-electron chi connectivity index (χ2n) is 6.01. The molecule has 0 radical (unpaired) electrons. The van der Waals surface area contributed by atoms with Crippen LogP contribution in [0.25, 0.3) is 6.08 Å². The third-order valence-corrected chi connectivity index (χ3v) is 5.10. The summed E-state index contributed by atoms with van der Waals surface area (Å²) in [6.07, 6.45) is 3.88. The number of urea groups is 1. The molecule has 1 aromatic rings. The van der Waals surface area contributed by atoms with Crippen LogP contribution in [0.1, 0.15) is 17.0 Å². The van der Waals surface area contributed by atoms with Gasteiger partial charge in [0.2, 0.25) is 5.67 Å². The second kappa shape index (κ2) is 3.72. The summed E-state index contributed by atoms with van der Waals surface area (Å²) in [5, 5.41) is 0. The number of imide groups is 1. The van der Waals surface area contributed by atoms with Crippen molar-refractivity contribution in [2.75, 3.05) is 14.1 Å². The number of benzene rings is 1. The Hall–Kier alpha value is -2.17. The lowest BCUT2D eigenvalue weighted by molar-refractivity contribution is -0.173. The van der Waals surface area contributed by atoms with Gasteiger partial charge in [-0.05, 0) is 11.1 Å². The molecule has 3 aliphatic rings. The Morgan fingerprint density at radius 3 is 2.67 bits per heavy atom. The van der Waals surface area contributed by atoms with Gasteiger partial charge in [-0.25, -0.2) is 9.18 Å². The van der Waals surface area contributed by atoms with Crippen molar-refractivity contribution in [3.63, 3.8) is 0 Å². The van der Waals surface area contributed by atoms with Gasteiger partial charge in [0.1, 0.15) is 0 Å². The maximum Gasteiger partial charge on any atom is 0.326 e. The number of alkyl halides is 1. The molecule has 108 valence electrons. The Morgan fingerprint density at radius 1 is 1.19 bits per heavy atom. The van der Waals surface area contributed by atoms with Crippen molar-refractivity contribution in [1.29, 1.82) is 0 Å². The first-order valence-electron chi connectivity index (χ1n) is 6.99. The van der Waals surface area contributed by atoms with Crippen LogP contribution in [0, 0.1) is 5.92 Å². The van der Waals surface area contributed by atoms with Gasteiger partial charge in [0, 0.05) is 25.9 Å². The highest BCUT2D eigenvalue weighted by Crippen LogP contribution is 2.60. The van der Waals surface area contributed by atoms with E-state index in [1.54, 1.807) is 7.05 Å². The number of hydrogen-bond donors (Lipinski definition) is 0. The van der Waals surface area contributed by atoms with E-state index in [0.29, 0.717) is 0 Å². The highest BCUT2D eigenvalue weighted by Gasteiger charge is 2.73. The van der Waals surface area contributed by atoms with Crippen LogP contribution in [0.5, 0.6) is 0 Å². The van der Waals surface area contributed by atoms with Gasteiger partial charge in [-0.2, -0.15) is 0 Å². The lowest BCUT2D eigenvalue weighted by atomic mass is 9.52. The third-order valence-electron chi connectivity index (χ3n) is 5.10. The second-order valence-corrected chi connectivity index (χ2v) is 6.01. The van der Waals surface area contributed by atoms with E-state index in [0.717, 1.165) is 16.0 Å². The molecule has 4 rings (SSSR count). The fourth-order valence-electron chi connectivity index (χ4n) is 4.12. The number of carbonyl (C=O) groups excluding carboxylic acids is 2. The predicted molar refractivity (Wildman–Crippen MR) is 75.3 cm³/mol. The van der Waals surface area contributed by atoms with Gasteiger partial charge in [0.15, 0.2) is 0 Å². The van der Waals surface area contributed by atoms with E-state index in [2.05, 4.69) is 0 Å². The number of amides is 3. The Bertz CT molecular complexity index is 701. The summed E-state index contributed by atoms with van der Waals surface area (Å²) in [5.74, 6) is -1.37. The monoisotopic (exact) mass is 286 g/mol. The molecule has 1 aromatic carbocycles. The zero-order chi connectivity index (χ0) is 14.9. The zero-order valence-electron chi connectivity index (χ0n) is 11.8. The topological polar surface area (TPSA) is 40.6 Å². The van der Waals surface area contributed by atoms with E-state index in [9.17, 15) is 9.59 Å². The fourth-order valence-corrected chi connectivity index (χ4v) is 4.12. The molecule has 4 nitrogen and oxygen atoms in total. The number of fused-ring (bicyclic) bond motifs is 6. The van der Waals surface area contributed by atoms with Gasteiger partial charge in [0.25, 0.3) is 5.91 Å². The van der Waals surface area contributed by atoms with E-state index in [1.165, 1.54) is 11.9 Å². The van der Waals surface area contributed by atoms with Crippen LogP contribution in [0.15, 0.2) is 30.3 Å². The Labute approximate surface area is 121 Å². The summed E-state index contributed by atoms with van der Waals surface area (Å²) in [4.78, 5) is 26.7. The molecule has 1 heterocycles. The van der Waals surface area contributed by atoms with E-state index in [-0.39, 0.29) is 5.92 Å². The van der Waals surface area contributed by atoms with Crippen molar-refractivity contribution in [2.45, 2.75) is 17.6 Å². The first kappa shape index (κ1) is 12.6. The number of carbonyl (C=O) groups is 2. The maximum absolute atomic E-state index is 15.6. The highest BCUT2D eigenvalue weighted by molar-refractivity contribution is 6.04. The maximum atomic E-state index is 15.6. The molecule has 0 unspecified atom stereocenters. The van der Waals surface area contributed by atoms with Crippen LogP contribution in [-0.2, 0) is 4.79 Å². The zero-order valence-corrected chi connectivity index (χ0v) is 11.8. The first-order valence-corrected chi connectivity index (χ1v) is 6.99. The minimum absolute atomic E-state index is 0.142. The predicted octanol–water partition coefficient (Wildman–Crippen LogP) is 2.03. The molecule has 1 aliphatic heterocycles. The van der Waals surface area contributed by atoms with Crippen molar-refractivity contribution in [3.8, 4) is 0 Å². The van der Waals surface area contributed by atoms with Gasteiger partial charge < -0.3 is 4.90 Å². The molecular weight excluding hydrogens is 271 g/mol. The number of hydrogen-bond acceptors (Lipinski definition) is 2. The molecule has 3 amide bonds. The Kier molecular flexibility index (Phi) is 2.23. The Balaban J connectivity index is 1.87. The van der Waals surface area contributed by atoms with E-state index >= 15 is 4.39 Å². The largest absolute Gasteiger partial charge is 0.326 e. The van der Waals surface area contributed by atoms with Crippen LogP contribution in [0.3, 0.4) is 0 Å². The van der Waals surface area contributed by atoms with E-state index < -0.39 is 29.6 Å². The van der Waals surface area contributed by atoms with Crippen LogP contribution < -0.4 is 0 Å². The summed E-state index contributed by atoms with van der Waals surface area (Å²) in [6, 6.07) is 6.40.